The molecule has 0 saturated heterocycles. The second-order valence-corrected chi connectivity index (χ2v) is 7.44. The lowest BCUT2D eigenvalue weighted by Gasteiger charge is -2.15. The molecule has 0 radical (unpaired) electrons. The number of unbranched alkanes of at least 4 members (excludes halogenated alkanes) is 5. The predicted molar refractivity (Wildman–Crippen MR) is 112 cm³/mol. The zero-order valence-electron chi connectivity index (χ0n) is 15.0. The van der Waals surface area contributed by atoms with E-state index in [0.717, 1.165) is 40.4 Å². The molecule has 0 heterocycles. The average Bonchev–Trinajstić information content (AvgIpc) is 2.63. The van der Waals surface area contributed by atoms with Crippen molar-refractivity contribution in [2.24, 2.45) is 0 Å². The van der Waals surface area contributed by atoms with Gasteiger partial charge in [0.1, 0.15) is 11.5 Å². The van der Waals surface area contributed by atoms with Gasteiger partial charge in [-0.2, -0.15) is 0 Å². The first-order valence-corrected chi connectivity index (χ1v) is 10.8. The van der Waals surface area contributed by atoms with Crippen molar-refractivity contribution in [1.82, 2.24) is 0 Å². The quantitative estimate of drug-likeness (QED) is 0.259. The van der Waals surface area contributed by atoms with Crippen LogP contribution in [0.1, 0.15) is 51.9 Å². The van der Waals surface area contributed by atoms with E-state index in [2.05, 4.69) is 35.0 Å². The Balaban J connectivity index is 2.02. The van der Waals surface area contributed by atoms with Crippen molar-refractivity contribution in [3.05, 3.63) is 35.4 Å². The van der Waals surface area contributed by atoms with Crippen LogP contribution in [-0.4, -0.2) is 18.5 Å². The monoisotopic (exact) mass is 426 g/mol. The van der Waals surface area contributed by atoms with Crippen LogP contribution >= 0.6 is 27.5 Å². The second kappa shape index (κ2) is 11.6. The topological polar surface area (TPSA) is 18.5 Å². The Morgan fingerprint density at radius 1 is 0.880 bits per heavy atom. The molecule has 0 aliphatic carbocycles. The second-order valence-electron chi connectivity index (χ2n) is 6.24. The fraction of sp³-hybridized carbons (Fsp3) is 0.524. The van der Waals surface area contributed by atoms with Crippen LogP contribution in [0.4, 0.5) is 0 Å². The molecule has 2 aromatic carbocycles. The molecule has 0 N–H and O–H groups in total. The summed E-state index contributed by atoms with van der Waals surface area (Å²) in [7, 11) is 0. The van der Waals surface area contributed by atoms with Crippen LogP contribution in [0.2, 0.25) is 5.02 Å². The molecule has 0 spiro atoms. The zero-order chi connectivity index (χ0) is 17.9. The number of hydrogen-bond acceptors (Lipinski definition) is 2. The van der Waals surface area contributed by atoms with Crippen molar-refractivity contribution in [2.75, 3.05) is 18.5 Å². The van der Waals surface area contributed by atoms with Crippen LogP contribution in [-0.2, 0) is 0 Å². The zero-order valence-corrected chi connectivity index (χ0v) is 17.4. The van der Waals surface area contributed by atoms with Gasteiger partial charge in [-0.15, -0.1) is 0 Å². The predicted octanol–water partition coefficient (Wildman–Crippen LogP) is 7.40. The van der Waals surface area contributed by atoms with E-state index in [1.54, 1.807) is 0 Å². The Bertz CT molecular complexity index is 645. The molecule has 0 aliphatic heterocycles. The number of rotatable bonds is 12. The number of benzene rings is 2. The molecule has 0 unspecified atom stereocenters. The molecule has 2 aromatic rings. The highest BCUT2D eigenvalue weighted by atomic mass is 79.9. The van der Waals surface area contributed by atoms with Gasteiger partial charge in [-0.3, -0.25) is 0 Å². The molecule has 0 fully saturated rings. The first-order chi connectivity index (χ1) is 12.3. The van der Waals surface area contributed by atoms with E-state index in [1.807, 2.05) is 18.2 Å². The van der Waals surface area contributed by atoms with Gasteiger partial charge in [-0.05, 0) is 12.8 Å². The highest BCUT2D eigenvalue weighted by molar-refractivity contribution is 9.09. The van der Waals surface area contributed by atoms with E-state index >= 15 is 0 Å². The maximum Gasteiger partial charge on any atom is 0.145 e. The van der Waals surface area contributed by atoms with E-state index in [1.165, 1.54) is 32.1 Å². The Morgan fingerprint density at radius 3 is 2.32 bits per heavy atom. The van der Waals surface area contributed by atoms with Crippen molar-refractivity contribution >= 4 is 38.3 Å². The summed E-state index contributed by atoms with van der Waals surface area (Å²) in [6.45, 7) is 3.62. The summed E-state index contributed by atoms with van der Waals surface area (Å²) in [6, 6.07) is 10.0. The van der Waals surface area contributed by atoms with E-state index in [4.69, 9.17) is 21.1 Å². The first-order valence-electron chi connectivity index (χ1n) is 9.30. The van der Waals surface area contributed by atoms with E-state index < -0.39 is 0 Å². The lowest BCUT2D eigenvalue weighted by Crippen LogP contribution is -2.01. The highest BCUT2D eigenvalue weighted by Crippen LogP contribution is 2.39. The Kier molecular flexibility index (Phi) is 9.49. The minimum absolute atomic E-state index is 0.624. The molecular weight excluding hydrogens is 400 g/mol. The lowest BCUT2D eigenvalue weighted by molar-refractivity contribution is 0.305. The normalized spacial score (nSPS) is 11.0. The molecule has 0 amide bonds. The standard InChI is InChI=1S/C21H28BrClO2/c1-2-3-4-5-6-9-14-25-21-18-12-8-7-11-17(18)20(16-19(21)23)24-15-10-13-22/h7-8,11-12,16H,2-6,9-10,13-15H2,1H3. The third-order valence-electron chi connectivity index (χ3n) is 4.19. The van der Waals surface area contributed by atoms with Crippen molar-refractivity contribution < 1.29 is 9.47 Å². The van der Waals surface area contributed by atoms with E-state index in [9.17, 15) is 0 Å². The summed E-state index contributed by atoms with van der Waals surface area (Å²) >= 11 is 9.92. The molecule has 0 saturated carbocycles. The Hall–Kier alpha value is -0.930. The van der Waals surface area contributed by atoms with Gasteiger partial charge in [0.25, 0.3) is 0 Å². The van der Waals surface area contributed by atoms with Gasteiger partial charge in [0, 0.05) is 22.2 Å². The summed E-state index contributed by atoms with van der Waals surface area (Å²) in [4.78, 5) is 0. The molecule has 2 nitrogen and oxygen atoms in total. The first kappa shape index (κ1) is 20.4. The van der Waals surface area contributed by atoms with Crippen molar-refractivity contribution in [3.63, 3.8) is 0 Å². The van der Waals surface area contributed by atoms with E-state index in [0.29, 0.717) is 18.2 Å². The molecule has 0 aliphatic rings. The lowest BCUT2D eigenvalue weighted by atomic mass is 10.1. The highest BCUT2D eigenvalue weighted by Gasteiger charge is 2.13. The smallest absolute Gasteiger partial charge is 0.145 e. The molecule has 25 heavy (non-hydrogen) atoms. The summed E-state index contributed by atoms with van der Waals surface area (Å²) < 4.78 is 11.9. The number of alkyl halides is 1. The van der Waals surface area contributed by atoms with Crippen LogP contribution < -0.4 is 9.47 Å². The minimum atomic E-state index is 0.624. The number of halogens is 2. The fourth-order valence-electron chi connectivity index (χ4n) is 2.84. The Labute approximate surface area is 165 Å². The van der Waals surface area contributed by atoms with Gasteiger partial charge in [0.15, 0.2) is 0 Å². The van der Waals surface area contributed by atoms with Crippen molar-refractivity contribution in [1.29, 1.82) is 0 Å². The molecule has 4 heteroatoms. The van der Waals surface area contributed by atoms with Gasteiger partial charge in [0.05, 0.1) is 18.2 Å². The van der Waals surface area contributed by atoms with Gasteiger partial charge in [-0.25, -0.2) is 0 Å². The minimum Gasteiger partial charge on any atom is -0.493 e. The molecular formula is C21H28BrClO2. The average molecular weight is 428 g/mol. The molecule has 0 atom stereocenters. The van der Waals surface area contributed by atoms with Crippen LogP contribution in [0.25, 0.3) is 10.8 Å². The third kappa shape index (κ3) is 6.38. The van der Waals surface area contributed by atoms with Gasteiger partial charge < -0.3 is 9.47 Å². The SMILES string of the molecule is CCCCCCCCOc1c(Cl)cc(OCCCBr)c2ccccc12. The largest absolute Gasteiger partial charge is 0.493 e. The summed E-state index contributed by atoms with van der Waals surface area (Å²) in [5.41, 5.74) is 0. The maximum atomic E-state index is 6.49. The summed E-state index contributed by atoms with van der Waals surface area (Å²) in [5, 5.41) is 3.63. The molecule has 2 rings (SSSR count). The van der Waals surface area contributed by atoms with Gasteiger partial charge in [-0.1, -0.05) is 90.8 Å². The van der Waals surface area contributed by atoms with Crippen LogP contribution in [0.3, 0.4) is 0 Å². The fourth-order valence-corrected chi connectivity index (χ4v) is 3.33. The molecule has 138 valence electrons. The Morgan fingerprint density at radius 2 is 1.56 bits per heavy atom. The van der Waals surface area contributed by atoms with Crippen LogP contribution in [0.15, 0.2) is 30.3 Å². The number of fused-ring (bicyclic) bond motifs is 1. The summed E-state index contributed by atoms with van der Waals surface area (Å²) in [5.74, 6) is 1.60. The van der Waals surface area contributed by atoms with Gasteiger partial charge in [0.2, 0.25) is 0 Å². The molecule has 0 aromatic heterocycles. The maximum absolute atomic E-state index is 6.49. The summed E-state index contributed by atoms with van der Waals surface area (Å²) in [6.07, 6.45) is 8.45. The number of hydrogen-bond donors (Lipinski definition) is 0. The number of ether oxygens (including phenoxy) is 2. The van der Waals surface area contributed by atoms with E-state index in [-0.39, 0.29) is 0 Å². The van der Waals surface area contributed by atoms with Crippen molar-refractivity contribution in [3.8, 4) is 11.5 Å². The van der Waals surface area contributed by atoms with Crippen molar-refractivity contribution in [2.45, 2.75) is 51.9 Å². The molecule has 0 bridgehead atoms. The van der Waals surface area contributed by atoms with Crippen LogP contribution in [0, 0.1) is 0 Å². The van der Waals surface area contributed by atoms with Gasteiger partial charge >= 0.3 is 0 Å². The third-order valence-corrected chi connectivity index (χ3v) is 5.03. The van der Waals surface area contributed by atoms with Crippen LogP contribution in [0.5, 0.6) is 11.5 Å².